The van der Waals surface area contributed by atoms with E-state index in [1.807, 2.05) is 0 Å². The molecule has 2 N–H and O–H groups in total. The molecule has 0 atom stereocenters. The Balaban J connectivity index is 2.86. The normalized spacial score (nSPS) is 10.6. The largest absolute Gasteiger partial charge is 0.399 e. The van der Waals surface area contributed by atoms with Crippen LogP contribution in [0.3, 0.4) is 0 Å². The molecule has 2 rings (SSSR count). The lowest BCUT2D eigenvalue weighted by molar-refractivity contribution is 0.457. The Morgan fingerprint density at radius 2 is 2.27 bits per heavy atom. The van der Waals surface area contributed by atoms with Crippen molar-refractivity contribution in [3.8, 4) is 0 Å². The molecule has 0 fully saturated rings. The Bertz CT molecular complexity index is 396. The van der Waals surface area contributed by atoms with Crippen molar-refractivity contribution in [2.24, 2.45) is 0 Å². The van der Waals surface area contributed by atoms with Gasteiger partial charge in [0.05, 0.1) is 5.39 Å². The fraction of sp³-hybridized carbons (Fsp3) is 0. The number of aromatic nitrogens is 1. The van der Waals surface area contributed by atoms with Crippen molar-refractivity contribution in [1.82, 2.24) is 5.16 Å². The van der Waals surface area contributed by atoms with Crippen molar-refractivity contribution in [3.05, 3.63) is 23.4 Å². The van der Waals surface area contributed by atoms with E-state index >= 15 is 0 Å². The van der Waals surface area contributed by atoms with Gasteiger partial charge in [-0.05, 0) is 12.1 Å². The third kappa shape index (κ3) is 0.935. The Labute approximate surface area is 67.7 Å². The first-order valence-electron chi connectivity index (χ1n) is 3.08. The predicted octanol–water partition coefficient (Wildman–Crippen LogP) is 2.06. The zero-order chi connectivity index (χ0) is 7.84. The molecule has 2 aromatic rings. The number of anilines is 1. The van der Waals surface area contributed by atoms with Gasteiger partial charge in [0, 0.05) is 11.8 Å². The number of hydrogen-bond donors (Lipinski definition) is 1. The second-order valence-electron chi connectivity index (χ2n) is 2.23. The van der Waals surface area contributed by atoms with Crippen molar-refractivity contribution in [1.29, 1.82) is 0 Å². The first-order chi connectivity index (χ1) is 5.27. The van der Waals surface area contributed by atoms with Crippen LogP contribution >= 0.6 is 11.6 Å². The topological polar surface area (TPSA) is 52.0 Å². The smallest absolute Gasteiger partial charge is 0.179 e. The van der Waals surface area contributed by atoms with Crippen LogP contribution in [0.15, 0.2) is 22.7 Å². The number of nitrogens with zero attached hydrogens (tertiary/aromatic N) is 1. The molecule has 1 aromatic heterocycles. The van der Waals surface area contributed by atoms with Crippen molar-refractivity contribution >= 4 is 28.3 Å². The van der Waals surface area contributed by atoms with E-state index < -0.39 is 0 Å². The highest BCUT2D eigenvalue weighted by molar-refractivity contribution is 6.34. The second kappa shape index (κ2) is 2.13. The molecule has 3 nitrogen and oxygen atoms in total. The van der Waals surface area contributed by atoms with Gasteiger partial charge in [0.1, 0.15) is 0 Å². The van der Waals surface area contributed by atoms with Gasteiger partial charge in [-0.1, -0.05) is 16.8 Å². The number of nitrogen functional groups attached to an aromatic ring is 1. The molecule has 11 heavy (non-hydrogen) atoms. The Morgan fingerprint density at radius 1 is 1.45 bits per heavy atom. The Morgan fingerprint density at radius 3 is 3.09 bits per heavy atom. The minimum absolute atomic E-state index is 0.375. The van der Waals surface area contributed by atoms with Crippen LogP contribution in [-0.4, -0.2) is 5.16 Å². The number of fused-ring (bicyclic) bond motifs is 1. The highest BCUT2D eigenvalue weighted by atomic mass is 35.5. The first kappa shape index (κ1) is 6.49. The minimum Gasteiger partial charge on any atom is -0.399 e. The zero-order valence-electron chi connectivity index (χ0n) is 5.54. The average molecular weight is 169 g/mol. The van der Waals surface area contributed by atoms with E-state index in [1.165, 1.54) is 0 Å². The fourth-order valence-electron chi connectivity index (χ4n) is 0.923. The lowest BCUT2D eigenvalue weighted by Gasteiger charge is -1.88. The molecule has 0 bridgehead atoms. The molecule has 0 radical (unpaired) electrons. The van der Waals surface area contributed by atoms with E-state index in [0.29, 0.717) is 16.4 Å². The molecule has 0 aliphatic rings. The van der Waals surface area contributed by atoms with Crippen LogP contribution in [0.2, 0.25) is 5.15 Å². The first-order valence-corrected chi connectivity index (χ1v) is 3.45. The quantitative estimate of drug-likeness (QED) is 0.613. The van der Waals surface area contributed by atoms with Crippen LogP contribution in [0.4, 0.5) is 5.69 Å². The number of halogens is 1. The van der Waals surface area contributed by atoms with E-state index in [9.17, 15) is 0 Å². The second-order valence-corrected chi connectivity index (χ2v) is 2.59. The van der Waals surface area contributed by atoms with E-state index in [0.717, 1.165) is 5.39 Å². The van der Waals surface area contributed by atoms with Crippen LogP contribution in [0.25, 0.3) is 11.0 Å². The minimum atomic E-state index is 0.375. The van der Waals surface area contributed by atoms with Crippen molar-refractivity contribution in [2.45, 2.75) is 0 Å². The maximum atomic E-state index is 5.68. The molecule has 0 unspecified atom stereocenters. The van der Waals surface area contributed by atoms with Gasteiger partial charge in [0.15, 0.2) is 10.7 Å². The lowest BCUT2D eigenvalue weighted by Crippen LogP contribution is -1.81. The van der Waals surface area contributed by atoms with E-state index in [-0.39, 0.29) is 0 Å². The molecule has 56 valence electrons. The summed E-state index contributed by atoms with van der Waals surface area (Å²) in [6, 6.07) is 5.23. The Kier molecular flexibility index (Phi) is 1.26. The summed E-state index contributed by atoms with van der Waals surface area (Å²) < 4.78 is 4.87. The van der Waals surface area contributed by atoms with Gasteiger partial charge in [-0.3, -0.25) is 0 Å². The van der Waals surface area contributed by atoms with Gasteiger partial charge in [0.2, 0.25) is 0 Å². The summed E-state index contributed by atoms with van der Waals surface area (Å²) in [5.74, 6) is 0. The van der Waals surface area contributed by atoms with Gasteiger partial charge in [-0.2, -0.15) is 0 Å². The van der Waals surface area contributed by atoms with Gasteiger partial charge in [-0.15, -0.1) is 0 Å². The molecule has 0 aliphatic heterocycles. The van der Waals surface area contributed by atoms with E-state index in [2.05, 4.69) is 5.16 Å². The summed E-state index contributed by atoms with van der Waals surface area (Å²) in [5.41, 5.74) is 6.77. The molecule has 0 saturated carbocycles. The summed E-state index contributed by atoms with van der Waals surface area (Å²) in [5, 5.41) is 4.74. The van der Waals surface area contributed by atoms with Crippen LogP contribution < -0.4 is 5.73 Å². The van der Waals surface area contributed by atoms with Gasteiger partial charge in [0.25, 0.3) is 0 Å². The van der Waals surface area contributed by atoms with Gasteiger partial charge >= 0.3 is 0 Å². The van der Waals surface area contributed by atoms with Gasteiger partial charge in [-0.25, -0.2) is 0 Å². The van der Waals surface area contributed by atoms with Crippen LogP contribution in [0.5, 0.6) is 0 Å². The molecule has 1 aromatic carbocycles. The van der Waals surface area contributed by atoms with Gasteiger partial charge < -0.3 is 10.3 Å². The SMILES string of the molecule is Nc1ccc2c(Cl)noc2c1. The Hall–Kier alpha value is -1.22. The standard InChI is InChI=1S/C7H5ClN2O/c8-7-5-2-1-4(9)3-6(5)11-10-7/h1-3H,9H2. The number of benzene rings is 1. The van der Waals surface area contributed by atoms with Crippen LogP contribution in [0.1, 0.15) is 0 Å². The predicted molar refractivity (Wildman–Crippen MR) is 43.4 cm³/mol. The fourth-order valence-corrected chi connectivity index (χ4v) is 1.11. The molecule has 0 saturated heterocycles. The monoisotopic (exact) mass is 168 g/mol. The van der Waals surface area contributed by atoms with Crippen LogP contribution in [0, 0.1) is 0 Å². The number of rotatable bonds is 0. The highest BCUT2D eigenvalue weighted by Gasteiger charge is 2.03. The van der Waals surface area contributed by atoms with E-state index in [1.54, 1.807) is 18.2 Å². The summed E-state index contributed by atoms with van der Waals surface area (Å²) in [7, 11) is 0. The number of nitrogens with two attached hydrogens (primary N) is 1. The van der Waals surface area contributed by atoms with Crippen molar-refractivity contribution in [2.75, 3.05) is 5.73 Å². The third-order valence-corrected chi connectivity index (χ3v) is 1.72. The molecule has 4 heteroatoms. The molecule has 0 amide bonds. The molecular weight excluding hydrogens is 164 g/mol. The highest BCUT2D eigenvalue weighted by Crippen LogP contribution is 2.23. The number of hydrogen-bond acceptors (Lipinski definition) is 3. The summed E-state index contributed by atoms with van der Waals surface area (Å²) in [4.78, 5) is 0. The maximum Gasteiger partial charge on any atom is 0.179 e. The summed E-state index contributed by atoms with van der Waals surface area (Å²) in [6.45, 7) is 0. The molecular formula is C7H5ClN2O. The molecule has 0 aliphatic carbocycles. The maximum absolute atomic E-state index is 5.68. The third-order valence-electron chi connectivity index (χ3n) is 1.45. The van der Waals surface area contributed by atoms with Crippen molar-refractivity contribution in [3.63, 3.8) is 0 Å². The van der Waals surface area contributed by atoms with Crippen LogP contribution in [-0.2, 0) is 0 Å². The summed E-state index contributed by atoms with van der Waals surface area (Å²) in [6.07, 6.45) is 0. The van der Waals surface area contributed by atoms with E-state index in [4.69, 9.17) is 21.9 Å². The molecule has 1 heterocycles. The zero-order valence-corrected chi connectivity index (χ0v) is 6.30. The summed E-state index contributed by atoms with van der Waals surface area (Å²) >= 11 is 5.68. The average Bonchev–Trinajstić information content (AvgIpc) is 2.32. The molecule has 0 spiro atoms. The van der Waals surface area contributed by atoms with Crippen molar-refractivity contribution < 1.29 is 4.52 Å². The lowest BCUT2D eigenvalue weighted by atomic mass is 10.2.